The van der Waals surface area contributed by atoms with Gasteiger partial charge in [0, 0.05) is 6.54 Å². The lowest BCUT2D eigenvalue weighted by molar-refractivity contribution is -0.140. The second kappa shape index (κ2) is 5.64. The third-order valence-corrected chi connectivity index (χ3v) is 3.22. The van der Waals surface area contributed by atoms with Crippen LogP contribution in [0.4, 0.5) is 0 Å². The van der Waals surface area contributed by atoms with E-state index < -0.39 is 17.6 Å². The van der Waals surface area contributed by atoms with E-state index in [4.69, 9.17) is 5.11 Å². The Labute approximate surface area is 97.0 Å². The van der Waals surface area contributed by atoms with E-state index in [2.05, 4.69) is 5.32 Å². The van der Waals surface area contributed by atoms with Crippen molar-refractivity contribution in [1.29, 1.82) is 0 Å². The van der Waals surface area contributed by atoms with Crippen molar-refractivity contribution in [2.75, 3.05) is 6.54 Å². The smallest absolute Gasteiger partial charge is 0.320 e. The molecule has 1 fully saturated rings. The first-order valence-corrected chi connectivity index (χ1v) is 6.11. The molecule has 0 aromatic heterocycles. The van der Waals surface area contributed by atoms with E-state index >= 15 is 0 Å². The zero-order chi connectivity index (χ0) is 12.2. The first-order chi connectivity index (χ1) is 7.43. The second-order valence-electron chi connectivity index (χ2n) is 5.33. The number of carboxylic acid groups (broad SMARTS) is 1. The molecule has 0 saturated heterocycles. The third kappa shape index (κ3) is 4.10. The maximum absolute atomic E-state index is 11.0. The largest absolute Gasteiger partial charge is 0.480 e. The SMILES string of the molecule is CC(C)CC(NCC1(O)CCCC1)C(=O)O. The summed E-state index contributed by atoms with van der Waals surface area (Å²) in [5.74, 6) is -0.484. The standard InChI is InChI=1S/C12H23NO3/c1-9(2)7-10(11(14)15)13-8-12(16)5-3-4-6-12/h9-10,13,16H,3-8H2,1-2H3,(H,14,15). The highest BCUT2D eigenvalue weighted by Crippen LogP contribution is 2.28. The molecule has 0 heterocycles. The highest BCUT2D eigenvalue weighted by Gasteiger charge is 2.32. The van der Waals surface area contributed by atoms with E-state index in [0.29, 0.717) is 18.9 Å². The van der Waals surface area contributed by atoms with Crippen LogP contribution in [0.5, 0.6) is 0 Å². The molecule has 0 amide bonds. The van der Waals surface area contributed by atoms with Crippen LogP contribution in [0.2, 0.25) is 0 Å². The lowest BCUT2D eigenvalue weighted by Crippen LogP contribution is -2.46. The molecule has 4 heteroatoms. The summed E-state index contributed by atoms with van der Waals surface area (Å²) in [5, 5.41) is 22.1. The van der Waals surface area contributed by atoms with Crippen molar-refractivity contribution in [3.8, 4) is 0 Å². The molecule has 16 heavy (non-hydrogen) atoms. The zero-order valence-electron chi connectivity index (χ0n) is 10.2. The predicted molar refractivity (Wildman–Crippen MR) is 62.3 cm³/mol. The van der Waals surface area contributed by atoms with Crippen molar-refractivity contribution in [2.45, 2.75) is 57.6 Å². The van der Waals surface area contributed by atoms with E-state index in [-0.39, 0.29) is 0 Å². The maximum atomic E-state index is 11.0. The van der Waals surface area contributed by atoms with Gasteiger partial charge in [-0.1, -0.05) is 26.7 Å². The second-order valence-corrected chi connectivity index (χ2v) is 5.33. The van der Waals surface area contributed by atoms with Crippen LogP contribution in [0.15, 0.2) is 0 Å². The minimum atomic E-state index is -0.824. The molecule has 1 aliphatic rings. The molecule has 1 atom stereocenters. The molecule has 0 aromatic rings. The summed E-state index contributed by atoms with van der Waals surface area (Å²) in [4.78, 5) is 11.0. The molecular weight excluding hydrogens is 206 g/mol. The minimum absolute atomic E-state index is 0.340. The monoisotopic (exact) mass is 229 g/mol. The van der Waals surface area contributed by atoms with E-state index in [1.54, 1.807) is 0 Å². The van der Waals surface area contributed by atoms with Crippen molar-refractivity contribution in [2.24, 2.45) is 5.92 Å². The van der Waals surface area contributed by atoms with Crippen molar-refractivity contribution in [3.05, 3.63) is 0 Å². The maximum Gasteiger partial charge on any atom is 0.320 e. The number of carbonyl (C=O) groups is 1. The number of rotatable bonds is 6. The van der Waals surface area contributed by atoms with E-state index in [9.17, 15) is 9.90 Å². The Kier molecular flexibility index (Phi) is 4.74. The average molecular weight is 229 g/mol. The molecular formula is C12H23NO3. The first kappa shape index (κ1) is 13.5. The summed E-state index contributed by atoms with van der Waals surface area (Å²) in [7, 11) is 0. The molecule has 0 spiro atoms. The number of hydrogen-bond acceptors (Lipinski definition) is 3. The predicted octanol–water partition coefficient (Wildman–Crippen LogP) is 1.38. The van der Waals surface area contributed by atoms with Crippen molar-refractivity contribution in [1.82, 2.24) is 5.32 Å². The lowest BCUT2D eigenvalue weighted by Gasteiger charge is -2.25. The van der Waals surface area contributed by atoms with Gasteiger partial charge < -0.3 is 15.5 Å². The first-order valence-electron chi connectivity index (χ1n) is 6.11. The van der Waals surface area contributed by atoms with Gasteiger partial charge in [0.1, 0.15) is 6.04 Å². The fourth-order valence-corrected chi connectivity index (χ4v) is 2.27. The molecule has 1 unspecified atom stereocenters. The molecule has 94 valence electrons. The van der Waals surface area contributed by atoms with E-state index in [1.165, 1.54) is 0 Å². The molecule has 1 saturated carbocycles. The number of aliphatic carboxylic acids is 1. The van der Waals surface area contributed by atoms with Crippen molar-refractivity contribution < 1.29 is 15.0 Å². The van der Waals surface area contributed by atoms with Gasteiger partial charge in [-0.15, -0.1) is 0 Å². The molecule has 1 rings (SSSR count). The molecule has 1 aliphatic carbocycles. The molecule has 4 nitrogen and oxygen atoms in total. The van der Waals surface area contributed by atoms with Gasteiger partial charge in [-0.25, -0.2) is 0 Å². The molecule has 0 radical (unpaired) electrons. The topological polar surface area (TPSA) is 69.6 Å². The summed E-state index contributed by atoms with van der Waals surface area (Å²) in [6, 6.07) is -0.537. The summed E-state index contributed by atoms with van der Waals surface area (Å²) in [6.07, 6.45) is 4.26. The Hall–Kier alpha value is -0.610. The number of aliphatic hydroxyl groups is 1. The summed E-state index contributed by atoms with van der Waals surface area (Å²) >= 11 is 0. The fourth-order valence-electron chi connectivity index (χ4n) is 2.27. The Morgan fingerprint density at radius 2 is 1.94 bits per heavy atom. The minimum Gasteiger partial charge on any atom is -0.480 e. The zero-order valence-corrected chi connectivity index (χ0v) is 10.2. The lowest BCUT2D eigenvalue weighted by atomic mass is 10.00. The van der Waals surface area contributed by atoms with Gasteiger partial charge >= 0.3 is 5.97 Å². The Morgan fingerprint density at radius 1 is 1.38 bits per heavy atom. The van der Waals surface area contributed by atoms with Gasteiger partial charge in [0.25, 0.3) is 0 Å². The van der Waals surface area contributed by atoms with Crippen LogP contribution in [-0.4, -0.2) is 34.4 Å². The summed E-state index contributed by atoms with van der Waals surface area (Å²) in [6.45, 7) is 4.40. The average Bonchev–Trinajstić information content (AvgIpc) is 2.59. The summed E-state index contributed by atoms with van der Waals surface area (Å²) in [5.41, 5.74) is -0.676. The van der Waals surface area contributed by atoms with Gasteiger partial charge in [0.2, 0.25) is 0 Å². The summed E-state index contributed by atoms with van der Waals surface area (Å²) < 4.78 is 0. The third-order valence-electron chi connectivity index (χ3n) is 3.22. The van der Waals surface area contributed by atoms with Crippen LogP contribution in [0.25, 0.3) is 0 Å². The quantitative estimate of drug-likeness (QED) is 0.643. The van der Waals surface area contributed by atoms with Crippen LogP contribution in [0.1, 0.15) is 46.0 Å². The van der Waals surface area contributed by atoms with E-state index in [1.807, 2.05) is 13.8 Å². The molecule has 3 N–H and O–H groups in total. The van der Waals surface area contributed by atoms with E-state index in [0.717, 1.165) is 25.7 Å². The van der Waals surface area contributed by atoms with Gasteiger partial charge in [0.15, 0.2) is 0 Å². The van der Waals surface area contributed by atoms with Crippen molar-refractivity contribution >= 4 is 5.97 Å². The normalized spacial score (nSPS) is 21.2. The fraction of sp³-hybridized carbons (Fsp3) is 0.917. The highest BCUT2D eigenvalue weighted by atomic mass is 16.4. The Morgan fingerprint density at radius 3 is 2.38 bits per heavy atom. The van der Waals surface area contributed by atoms with Crippen LogP contribution in [0.3, 0.4) is 0 Å². The highest BCUT2D eigenvalue weighted by molar-refractivity contribution is 5.73. The van der Waals surface area contributed by atoms with Gasteiger partial charge in [-0.3, -0.25) is 4.79 Å². The number of nitrogens with one attached hydrogen (secondary N) is 1. The number of hydrogen-bond donors (Lipinski definition) is 3. The van der Waals surface area contributed by atoms with Crippen LogP contribution < -0.4 is 5.32 Å². The Bertz CT molecular complexity index is 234. The van der Waals surface area contributed by atoms with Gasteiger partial charge in [-0.05, 0) is 25.2 Å². The van der Waals surface area contributed by atoms with Gasteiger partial charge in [0.05, 0.1) is 5.60 Å². The molecule has 0 aliphatic heterocycles. The van der Waals surface area contributed by atoms with Crippen LogP contribution in [0, 0.1) is 5.92 Å². The number of carboxylic acids is 1. The molecule has 0 bridgehead atoms. The van der Waals surface area contributed by atoms with Crippen LogP contribution in [-0.2, 0) is 4.79 Å². The molecule has 0 aromatic carbocycles. The van der Waals surface area contributed by atoms with Gasteiger partial charge in [-0.2, -0.15) is 0 Å². The van der Waals surface area contributed by atoms with Crippen LogP contribution >= 0.6 is 0 Å². The Balaban J connectivity index is 2.40. The van der Waals surface area contributed by atoms with Crippen molar-refractivity contribution in [3.63, 3.8) is 0 Å².